The Morgan fingerprint density at radius 2 is 1.50 bits per heavy atom. The Hall–Kier alpha value is -3.48. The maximum atomic E-state index is 11.0. The molecule has 0 unspecified atom stereocenters. The van der Waals surface area contributed by atoms with E-state index < -0.39 is 5.97 Å². The number of hydrogen-bond acceptors (Lipinski definition) is 5. The molecule has 0 saturated carbocycles. The first-order valence-corrected chi connectivity index (χ1v) is 11.3. The Balaban J connectivity index is 1.50. The first-order chi connectivity index (χ1) is 16.3. The number of rotatable bonds is 8. The fraction of sp³-hybridized carbons (Fsp3) is 0.154. The van der Waals surface area contributed by atoms with Gasteiger partial charge in [0.15, 0.2) is 0 Å². The monoisotopic (exact) mass is 497 g/mol. The van der Waals surface area contributed by atoms with Crippen LogP contribution in [0.4, 0.5) is 0 Å². The van der Waals surface area contributed by atoms with Crippen molar-refractivity contribution in [3.8, 4) is 28.5 Å². The third-order valence-corrected chi connectivity index (χ3v) is 5.72. The van der Waals surface area contributed by atoms with Gasteiger partial charge in [-0.3, -0.25) is 0 Å². The fourth-order valence-electron chi connectivity index (χ4n) is 3.40. The van der Waals surface area contributed by atoms with Crippen molar-refractivity contribution in [1.29, 1.82) is 0 Å². The molecule has 4 rings (SSSR count). The molecule has 6 nitrogen and oxygen atoms in total. The average Bonchev–Trinajstić information content (AvgIpc) is 3.23. The Labute approximate surface area is 206 Å². The van der Waals surface area contributed by atoms with Crippen LogP contribution in [-0.4, -0.2) is 16.2 Å². The minimum absolute atomic E-state index is 0.0874. The van der Waals surface area contributed by atoms with Crippen molar-refractivity contribution in [2.75, 3.05) is 0 Å². The molecule has 4 aromatic rings. The summed E-state index contributed by atoms with van der Waals surface area (Å²) in [6.45, 7) is 4.24. The lowest BCUT2D eigenvalue weighted by molar-refractivity contribution is 0.0697. The number of hydrogen-bond donors (Lipinski definition) is 1. The third kappa shape index (κ3) is 5.19. The second kappa shape index (κ2) is 10.2. The average molecular weight is 498 g/mol. The summed E-state index contributed by atoms with van der Waals surface area (Å²) in [5.41, 5.74) is 2.15. The van der Waals surface area contributed by atoms with E-state index >= 15 is 0 Å². The van der Waals surface area contributed by atoms with Crippen LogP contribution in [0.15, 0.2) is 71.3 Å². The van der Waals surface area contributed by atoms with Crippen LogP contribution in [-0.2, 0) is 6.61 Å². The second-order valence-electron chi connectivity index (χ2n) is 7.82. The van der Waals surface area contributed by atoms with Crippen LogP contribution in [0.3, 0.4) is 0 Å². The summed E-state index contributed by atoms with van der Waals surface area (Å²) >= 11 is 12.8. The molecule has 0 aliphatic rings. The van der Waals surface area contributed by atoms with Gasteiger partial charge in [0, 0.05) is 11.5 Å². The van der Waals surface area contributed by atoms with Crippen LogP contribution < -0.4 is 9.47 Å². The largest absolute Gasteiger partial charge is 0.489 e. The van der Waals surface area contributed by atoms with E-state index in [1.807, 2.05) is 13.8 Å². The summed E-state index contributed by atoms with van der Waals surface area (Å²) in [6, 6.07) is 18.6. The highest BCUT2D eigenvalue weighted by Gasteiger charge is 2.23. The van der Waals surface area contributed by atoms with E-state index in [2.05, 4.69) is 5.16 Å². The smallest absolute Gasteiger partial charge is 0.335 e. The van der Waals surface area contributed by atoms with E-state index in [0.717, 1.165) is 5.56 Å². The Kier molecular flexibility index (Phi) is 7.10. The van der Waals surface area contributed by atoms with Crippen LogP contribution >= 0.6 is 23.2 Å². The molecule has 0 spiro atoms. The molecule has 0 aliphatic carbocycles. The quantitative estimate of drug-likeness (QED) is 0.267. The number of halogens is 2. The standard InChI is InChI=1S/C26H21Cl2NO5/c1-15(2)25-20(24(29-34-25)23-21(27)4-3-5-22(23)28)14-32-17-10-12-19(13-11-17)33-18-8-6-16(7-9-18)26(30)31/h3-13,15H,14H2,1-2H3,(H,30,31). The van der Waals surface area contributed by atoms with E-state index in [0.29, 0.717) is 44.3 Å². The molecule has 0 saturated heterocycles. The predicted octanol–water partition coefficient (Wildman–Crippen LogP) is 7.84. The number of carbonyl (C=O) groups is 1. The SMILES string of the molecule is CC(C)c1onc(-c2c(Cl)cccc2Cl)c1COc1ccc(Oc2ccc(C(=O)O)cc2)cc1. The van der Waals surface area contributed by atoms with Crippen molar-refractivity contribution in [3.63, 3.8) is 0 Å². The van der Waals surface area contributed by atoms with Crippen molar-refractivity contribution >= 4 is 29.2 Å². The number of carboxylic acid groups (broad SMARTS) is 1. The van der Waals surface area contributed by atoms with Crippen molar-refractivity contribution in [2.24, 2.45) is 0 Å². The molecular formula is C26H21Cl2NO5. The number of nitrogens with zero attached hydrogens (tertiary/aromatic N) is 1. The van der Waals surface area contributed by atoms with Crippen LogP contribution in [0, 0.1) is 0 Å². The predicted molar refractivity (Wildman–Crippen MR) is 130 cm³/mol. The number of aromatic carboxylic acids is 1. The molecule has 1 heterocycles. The minimum atomic E-state index is -0.985. The zero-order chi connectivity index (χ0) is 24.2. The van der Waals surface area contributed by atoms with Crippen molar-refractivity contribution in [2.45, 2.75) is 26.4 Å². The van der Waals surface area contributed by atoms with E-state index in [1.54, 1.807) is 54.6 Å². The number of benzene rings is 3. The van der Waals surface area contributed by atoms with Gasteiger partial charge in [0.2, 0.25) is 0 Å². The highest BCUT2D eigenvalue weighted by molar-refractivity contribution is 6.39. The summed E-state index contributed by atoms with van der Waals surface area (Å²) < 4.78 is 17.4. The maximum absolute atomic E-state index is 11.0. The molecule has 8 heteroatoms. The van der Waals surface area contributed by atoms with Crippen LogP contribution in [0.1, 0.15) is 41.4 Å². The van der Waals surface area contributed by atoms with Crippen LogP contribution in [0.25, 0.3) is 11.3 Å². The van der Waals surface area contributed by atoms with Gasteiger partial charge >= 0.3 is 5.97 Å². The molecule has 1 N–H and O–H groups in total. The second-order valence-corrected chi connectivity index (χ2v) is 8.63. The van der Waals surface area contributed by atoms with Gasteiger partial charge in [-0.2, -0.15) is 0 Å². The van der Waals surface area contributed by atoms with Gasteiger partial charge in [-0.25, -0.2) is 4.79 Å². The molecule has 3 aromatic carbocycles. The third-order valence-electron chi connectivity index (χ3n) is 5.09. The van der Waals surface area contributed by atoms with E-state index in [-0.39, 0.29) is 18.1 Å². The summed E-state index contributed by atoms with van der Waals surface area (Å²) in [7, 11) is 0. The minimum Gasteiger partial charge on any atom is -0.489 e. The normalized spacial score (nSPS) is 11.0. The highest BCUT2D eigenvalue weighted by atomic mass is 35.5. The van der Waals surface area contributed by atoms with Crippen molar-refractivity contribution in [1.82, 2.24) is 5.16 Å². The van der Waals surface area contributed by atoms with Gasteiger partial charge in [-0.05, 0) is 60.7 Å². The highest BCUT2D eigenvalue weighted by Crippen LogP contribution is 2.39. The first kappa shape index (κ1) is 23.7. The zero-order valence-electron chi connectivity index (χ0n) is 18.4. The fourth-order valence-corrected chi connectivity index (χ4v) is 3.97. The molecule has 0 radical (unpaired) electrons. The molecular weight excluding hydrogens is 477 g/mol. The molecule has 0 bridgehead atoms. The summed E-state index contributed by atoms with van der Waals surface area (Å²) in [5, 5.41) is 14.2. The number of ether oxygens (including phenoxy) is 2. The van der Waals surface area contributed by atoms with E-state index in [1.165, 1.54) is 12.1 Å². The molecule has 0 aliphatic heterocycles. The van der Waals surface area contributed by atoms with E-state index in [9.17, 15) is 4.79 Å². The topological polar surface area (TPSA) is 81.8 Å². The van der Waals surface area contributed by atoms with Crippen LogP contribution in [0.2, 0.25) is 10.0 Å². The first-order valence-electron chi connectivity index (χ1n) is 10.5. The maximum Gasteiger partial charge on any atom is 0.335 e. The number of carboxylic acids is 1. The molecule has 34 heavy (non-hydrogen) atoms. The zero-order valence-corrected chi connectivity index (χ0v) is 19.9. The van der Waals surface area contributed by atoms with Crippen molar-refractivity contribution < 1.29 is 23.9 Å². The van der Waals surface area contributed by atoms with Gasteiger partial charge in [0.1, 0.15) is 35.3 Å². The van der Waals surface area contributed by atoms with Gasteiger partial charge in [-0.1, -0.05) is 48.3 Å². The Bertz CT molecular complexity index is 1280. The van der Waals surface area contributed by atoms with Gasteiger partial charge in [-0.15, -0.1) is 0 Å². The van der Waals surface area contributed by atoms with Crippen molar-refractivity contribution in [3.05, 3.63) is 93.7 Å². The molecule has 1 aromatic heterocycles. The lowest BCUT2D eigenvalue weighted by Gasteiger charge is -2.11. The van der Waals surface area contributed by atoms with Crippen LogP contribution in [0.5, 0.6) is 17.2 Å². The summed E-state index contributed by atoms with van der Waals surface area (Å²) in [4.78, 5) is 11.0. The summed E-state index contributed by atoms with van der Waals surface area (Å²) in [5.74, 6) is 1.56. The molecule has 0 fully saturated rings. The molecule has 0 amide bonds. The summed E-state index contributed by atoms with van der Waals surface area (Å²) in [6.07, 6.45) is 0. The van der Waals surface area contributed by atoms with Gasteiger partial charge in [0.25, 0.3) is 0 Å². The molecule has 174 valence electrons. The Morgan fingerprint density at radius 1 is 0.941 bits per heavy atom. The Morgan fingerprint density at radius 3 is 2.06 bits per heavy atom. The number of aromatic nitrogens is 1. The lowest BCUT2D eigenvalue weighted by Crippen LogP contribution is -2.01. The van der Waals surface area contributed by atoms with Gasteiger partial charge < -0.3 is 19.1 Å². The van der Waals surface area contributed by atoms with E-state index in [4.69, 9.17) is 42.3 Å². The lowest BCUT2D eigenvalue weighted by atomic mass is 10.0. The van der Waals surface area contributed by atoms with Gasteiger partial charge in [0.05, 0.1) is 21.2 Å². The molecule has 0 atom stereocenters.